The molecule has 40 heavy (non-hydrogen) atoms. The SMILES string of the molecule is CCCCCCCCCCc1c2[n+](cc3c(NCCN(C)C)c(OC)ccc13)CCc1cc3c(cc1-2)OCO3.[Cl-]. The molecule has 1 aromatic heterocycles. The number of hydrogen-bond donors (Lipinski definition) is 1. The van der Waals surface area contributed by atoms with E-state index in [1.54, 1.807) is 7.11 Å². The number of unbranched alkanes of at least 4 members (excludes halogenated alkanes) is 7. The van der Waals surface area contributed by atoms with Crippen LogP contribution in [0.15, 0.2) is 30.5 Å². The number of aromatic nitrogens is 1. The number of fused-ring (bicyclic) bond motifs is 5. The van der Waals surface area contributed by atoms with E-state index in [4.69, 9.17) is 14.2 Å². The van der Waals surface area contributed by atoms with Crippen molar-refractivity contribution < 1.29 is 31.2 Å². The molecule has 5 rings (SSSR count). The van der Waals surface area contributed by atoms with Crippen LogP contribution >= 0.6 is 0 Å². The smallest absolute Gasteiger partial charge is 0.231 e. The van der Waals surface area contributed by atoms with Gasteiger partial charge in [0.1, 0.15) is 5.75 Å². The van der Waals surface area contributed by atoms with Crippen LogP contribution in [0.3, 0.4) is 0 Å². The molecule has 0 aliphatic carbocycles. The molecule has 0 radical (unpaired) electrons. The third-order valence-corrected chi connectivity index (χ3v) is 8.23. The highest BCUT2D eigenvalue weighted by Crippen LogP contribution is 2.43. The summed E-state index contributed by atoms with van der Waals surface area (Å²) < 4.78 is 19.8. The molecule has 3 heterocycles. The monoisotopic (exact) mass is 567 g/mol. The van der Waals surface area contributed by atoms with E-state index < -0.39 is 0 Å². The number of hydrogen-bond acceptors (Lipinski definition) is 5. The highest BCUT2D eigenvalue weighted by atomic mass is 35.5. The predicted octanol–water partition coefficient (Wildman–Crippen LogP) is 3.75. The van der Waals surface area contributed by atoms with Crippen LogP contribution in [0.5, 0.6) is 17.2 Å². The summed E-state index contributed by atoms with van der Waals surface area (Å²) in [6, 6.07) is 8.82. The number of nitrogens with one attached hydrogen (secondary N) is 1. The first-order valence-corrected chi connectivity index (χ1v) is 15.0. The lowest BCUT2D eigenvalue weighted by Gasteiger charge is -2.22. The molecule has 0 saturated heterocycles. The second kappa shape index (κ2) is 14.3. The normalized spacial score (nSPS) is 13.2. The lowest BCUT2D eigenvalue weighted by Crippen LogP contribution is -3.00. The summed E-state index contributed by atoms with van der Waals surface area (Å²) in [5.41, 5.74) is 6.53. The van der Waals surface area contributed by atoms with Gasteiger partial charge in [-0.1, -0.05) is 51.9 Å². The van der Waals surface area contributed by atoms with E-state index in [-0.39, 0.29) is 12.4 Å². The molecule has 0 amide bonds. The number of halogens is 1. The fraction of sp³-hybridized carbons (Fsp3) is 0.545. The van der Waals surface area contributed by atoms with Gasteiger partial charge in [0.05, 0.1) is 23.7 Å². The third-order valence-electron chi connectivity index (χ3n) is 8.23. The van der Waals surface area contributed by atoms with Crippen molar-refractivity contribution in [3.63, 3.8) is 0 Å². The summed E-state index contributed by atoms with van der Waals surface area (Å²) in [5, 5.41) is 6.28. The average molecular weight is 568 g/mol. The molecule has 1 N–H and O–H groups in total. The minimum Gasteiger partial charge on any atom is -1.00 e. The predicted molar refractivity (Wildman–Crippen MR) is 159 cm³/mol. The van der Waals surface area contributed by atoms with Crippen molar-refractivity contribution in [3.05, 3.63) is 41.6 Å². The quantitative estimate of drug-likeness (QED) is 0.237. The Labute approximate surface area is 246 Å². The maximum absolute atomic E-state index is 5.84. The summed E-state index contributed by atoms with van der Waals surface area (Å²) in [5.74, 6) is 2.64. The highest BCUT2D eigenvalue weighted by Gasteiger charge is 2.32. The van der Waals surface area contributed by atoms with Crippen molar-refractivity contribution in [2.45, 2.75) is 77.7 Å². The fourth-order valence-corrected chi connectivity index (χ4v) is 6.11. The standard InChI is InChI=1S/C33H45N3O3.ClH/c1-5-6-7-8-9-10-11-12-13-26-25-14-15-29(37-4)32(34-17-19-35(2)3)28(25)22-36-18-16-24-20-30-31(39-23-38-30)21-27(24)33(26)36;/h14-15,20-22H,5-13,16-19,23H2,1-4H3;1H. The summed E-state index contributed by atoms with van der Waals surface area (Å²) in [6.45, 7) is 5.37. The Bertz CT molecular complexity index is 1290. The molecule has 0 unspecified atom stereocenters. The van der Waals surface area contributed by atoms with Gasteiger partial charge in [0.15, 0.2) is 24.2 Å². The summed E-state index contributed by atoms with van der Waals surface area (Å²) >= 11 is 0. The number of benzene rings is 2. The summed E-state index contributed by atoms with van der Waals surface area (Å²) in [7, 11) is 5.99. The van der Waals surface area contributed by atoms with Crippen molar-refractivity contribution in [2.24, 2.45) is 0 Å². The molecular weight excluding hydrogens is 522 g/mol. The number of likely N-dealkylation sites (N-methyl/N-ethyl adjacent to an activating group) is 1. The minimum absolute atomic E-state index is 0. The van der Waals surface area contributed by atoms with Gasteiger partial charge in [-0.2, -0.15) is 4.57 Å². The minimum atomic E-state index is 0. The first-order valence-electron chi connectivity index (χ1n) is 15.0. The van der Waals surface area contributed by atoms with Gasteiger partial charge in [0, 0.05) is 25.1 Å². The van der Waals surface area contributed by atoms with Crippen LogP contribution < -0.4 is 36.5 Å². The molecule has 7 heteroatoms. The van der Waals surface area contributed by atoms with E-state index in [1.807, 2.05) is 0 Å². The maximum Gasteiger partial charge on any atom is 0.231 e. The molecule has 0 atom stereocenters. The lowest BCUT2D eigenvalue weighted by molar-refractivity contribution is -0.686. The summed E-state index contributed by atoms with van der Waals surface area (Å²) in [4.78, 5) is 2.20. The second-order valence-electron chi connectivity index (χ2n) is 11.3. The zero-order valence-electron chi connectivity index (χ0n) is 24.8. The molecular formula is C33H46ClN3O3. The van der Waals surface area contributed by atoms with E-state index in [1.165, 1.54) is 84.5 Å². The van der Waals surface area contributed by atoms with Crippen LogP contribution in [-0.2, 0) is 19.4 Å². The summed E-state index contributed by atoms with van der Waals surface area (Å²) in [6.07, 6.45) is 15.0. The molecule has 0 fully saturated rings. The topological polar surface area (TPSA) is 46.8 Å². The van der Waals surface area contributed by atoms with Crippen molar-refractivity contribution in [1.82, 2.24) is 4.90 Å². The third kappa shape index (κ3) is 6.60. The zero-order valence-corrected chi connectivity index (χ0v) is 25.5. The van der Waals surface area contributed by atoms with E-state index in [9.17, 15) is 0 Å². The van der Waals surface area contributed by atoms with Gasteiger partial charge in [-0.25, -0.2) is 0 Å². The number of rotatable bonds is 14. The Kier molecular flexibility index (Phi) is 10.8. The molecule has 0 bridgehead atoms. The molecule has 2 aromatic carbocycles. The lowest BCUT2D eigenvalue weighted by atomic mass is 9.89. The van der Waals surface area contributed by atoms with Crippen LogP contribution in [0.1, 0.15) is 69.4 Å². The Morgan fingerprint density at radius 3 is 2.40 bits per heavy atom. The number of pyridine rings is 1. The number of ether oxygens (including phenoxy) is 3. The highest BCUT2D eigenvalue weighted by molar-refractivity contribution is 6.00. The van der Waals surface area contributed by atoms with Crippen LogP contribution in [-0.4, -0.2) is 46.0 Å². The molecule has 2 aliphatic rings. The largest absolute Gasteiger partial charge is 1.00 e. The van der Waals surface area contributed by atoms with Gasteiger partial charge in [-0.05, 0) is 62.2 Å². The fourth-order valence-electron chi connectivity index (χ4n) is 6.11. The van der Waals surface area contributed by atoms with Crippen molar-refractivity contribution >= 4 is 16.5 Å². The van der Waals surface area contributed by atoms with Gasteiger partial charge < -0.3 is 36.8 Å². The van der Waals surface area contributed by atoms with E-state index in [2.05, 4.69) is 66.3 Å². The number of anilines is 1. The van der Waals surface area contributed by atoms with Gasteiger partial charge in [-0.3, -0.25) is 0 Å². The van der Waals surface area contributed by atoms with Crippen LogP contribution in [0.25, 0.3) is 22.0 Å². The van der Waals surface area contributed by atoms with Gasteiger partial charge in [-0.15, -0.1) is 0 Å². The number of methoxy groups -OCH3 is 1. The Morgan fingerprint density at radius 1 is 0.950 bits per heavy atom. The molecule has 0 spiro atoms. The molecule has 218 valence electrons. The van der Waals surface area contributed by atoms with Gasteiger partial charge in [0.25, 0.3) is 0 Å². The van der Waals surface area contributed by atoms with Crippen molar-refractivity contribution in [3.8, 4) is 28.5 Å². The Morgan fingerprint density at radius 2 is 1.68 bits per heavy atom. The maximum atomic E-state index is 5.84. The van der Waals surface area contributed by atoms with Crippen LogP contribution in [0.2, 0.25) is 0 Å². The van der Waals surface area contributed by atoms with Crippen molar-refractivity contribution in [1.29, 1.82) is 0 Å². The molecule has 2 aliphatic heterocycles. The van der Waals surface area contributed by atoms with Gasteiger partial charge in [0.2, 0.25) is 12.5 Å². The van der Waals surface area contributed by atoms with Gasteiger partial charge >= 0.3 is 0 Å². The van der Waals surface area contributed by atoms with Crippen molar-refractivity contribution in [2.75, 3.05) is 46.4 Å². The second-order valence-corrected chi connectivity index (χ2v) is 11.3. The first kappa shape index (κ1) is 30.3. The van der Waals surface area contributed by atoms with Crippen LogP contribution in [0.4, 0.5) is 5.69 Å². The Balaban J connectivity index is 0.00000370. The first-order chi connectivity index (χ1) is 19.1. The molecule has 0 saturated carbocycles. The number of aryl methyl sites for hydroxylation is 3. The molecule has 3 aromatic rings. The number of nitrogens with zero attached hydrogens (tertiary/aromatic N) is 2. The Hall–Kier alpha value is -2.70. The van der Waals surface area contributed by atoms with E-state index >= 15 is 0 Å². The van der Waals surface area contributed by atoms with E-state index in [0.717, 1.165) is 55.4 Å². The zero-order chi connectivity index (χ0) is 27.2. The molecule has 6 nitrogen and oxygen atoms in total. The van der Waals surface area contributed by atoms with E-state index in [0.29, 0.717) is 6.79 Å². The average Bonchev–Trinajstić information content (AvgIpc) is 3.40. The van der Waals surface area contributed by atoms with Crippen LogP contribution in [0, 0.1) is 0 Å².